The summed E-state index contributed by atoms with van der Waals surface area (Å²) in [7, 11) is 1.47. The Morgan fingerprint density at radius 2 is 1.55 bits per heavy atom. The molecule has 1 fully saturated rings. The van der Waals surface area contributed by atoms with Crippen LogP contribution >= 0.6 is 24.2 Å². The smallest absolute Gasteiger partial charge is 0.392 e. The van der Waals surface area contributed by atoms with Gasteiger partial charge in [-0.1, -0.05) is 42.8 Å². The van der Waals surface area contributed by atoms with Gasteiger partial charge in [-0.2, -0.15) is 13.2 Å². The molecule has 0 aliphatic heterocycles. The Labute approximate surface area is 241 Å². The minimum atomic E-state index is -4.28. The minimum Gasteiger partial charge on any atom is -0.493 e. The summed E-state index contributed by atoms with van der Waals surface area (Å²) in [6, 6.07) is 14.0. The predicted molar refractivity (Wildman–Crippen MR) is 153 cm³/mol. The number of thiol groups is 1. The summed E-state index contributed by atoms with van der Waals surface area (Å²) < 4.78 is 47.3. The average molecular weight is 597 g/mol. The molecule has 1 aliphatic carbocycles. The van der Waals surface area contributed by atoms with E-state index in [1.54, 1.807) is 48.5 Å². The largest absolute Gasteiger partial charge is 0.493 e. The van der Waals surface area contributed by atoms with E-state index >= 15 is 0 Å². The van der Waals surface area contributed by atoms with Crippen molar-refractivity contribution < 1.29 is 27.4 Å². The van der Waals surface area contributed by atoms with E-state index in [0.717, 1.165) is 6.42 Å². The van der Waals surface area contributed by atoms with Gasteiger partial charge in [-0.05, 0) is 55.7 Å². The summed E-state index contributed by atoms with van der Waals surface area (Å²) in [5.74, 6) is 0.290. The van der Waals surface area contributed by atoms with Gasteiger partial charge in [-0.15, -0.1) is 0 Å². The number of halogens is 4. The van der Waals surface area contributed by atoms with Crippen LogP contribution in [0.5, 0.6) is 5.75 Å². The molecule has 12 heteroatoms. The number of carbonyl (C=O) groups is 1. The van der Waals surface area contributed by atoms with Gasteiger partial charge in [0, 0.05) is 35.3 Å². The molecule has 0 radical (unpaired) electrons. The first-order chi connectivity index (χ1) is 19.0. The summed E-state index contributed by atoms with van der Waals surface area (Å²) in [6.45, 7) is -0.434. The van der Waals surface area contributed by atoms with Crippen molar-refractivity contribution in [1.29, 1.82) is 0 Å². The third-order valence-electron chi connectivity index (χ3n) is 6.11. The second-order valence-corrected chi connectivity index (χ2v) is 10.2. The second kappa shape index (κ2) is 14.8. The topological polar surface area (TPSA) is 113 Å². The lowest BCUT2D eigenvalue weighted by Gasteiger charge is -2.22. The maximum absolute atomic E-state index is 12.3. The van der Waals surface area contributed by atoms with Gasteiger partial charge in [0.05, 0.1) is 36.7 Å². The van der Waals surface area contributed by atoms with Gasteiger partial charge < -0.3 is 20.9 Å². The Balaban J connectivity index is 0.000000472. The predicted octanol–water partition coefficient (Wildman–Crippen LogP) is 6.23. The molecule has 2 atom stereocenters. The molecule has 1 aliphatic rings. The number of nitrogens with zero attached hydrogens (tertiary/aromatic N) is 2. The third-order valence-corrected chi connectivity index (χ3v) is 6.57. The van der Waals surface area contributed by atoms with Crippen LogP contribution in [0.1, 0.15) is 48.3 Å². The fourth-order valence-corrected chi connectivity index (χ4v) is 4.45. The lowest BCUT2D eigenvalue weighted by Crippen LogP contribution is -2.35. The summed E-state index contributed by atoms with van der Waals surface area (Å²) in [4.78, 5) is 21.1. The molecule has 1 saturated carbocycles. The molecule has 40 heavy (non-hydrogen) atoms. The van der Waals surface area contributed by atoms with Crippen molar-refractivity contribution in [3.8, 4) is 28.3 Å². The number of alkyl halides is 3. The van der Waals surface area contributed by atoms with Gasteiger partial charge in [-0.25, -0.2) is 9.97 Å². The van der Waals surface area contributed by atoms with Crippen LogP contribution in [0, 0.1) is 0 Å². The van der Waals surface area contributed by atoms with Crippen LogP contribution in [0.4, 0.5) is 13.2 Å². The quantitative estimate of drug-likeness (QED) is 0.264. The maximum Gasteiger partial charge on any atom is 0.392 e. The van der Waals surface area contributed by atoms with Crippen LogP contribution in [0.2, 0.25) is 5.02 Å². The summed E-state index contributed by atoms with van der Waals surface area (Å²) in [5.41, 5.74) is 13.8. The van der Waals surface area contributed by atoms with E-state index in [2.05, 4.69) is 22.6 Å². The lowest BCUT2D eigenvalue weighted by atomic mass is 9.92. The van der Waals surface area contributed by atoms with E-state index < -0.39 is 24.3 Å². The molecule has 0 spiro atoms. The molecule has 0 bridgehead atoms. The number of ether oxygens (including phenoxy) is 2. The SMILES string of the molecule is COCc1nc(-c2ccc(OCCC(F)(F)F)cc2)c(-c2ccc(Cl)cc2)nc1C(=O)S.NC1CCCC(N)C1. The third kappa shape index (κ3) is 9.74. The monoisotopic (exact) mass is 596 g/mol. The van der Waals surface area contributed by atoms with E-state index in [9.17, 15) is 18.0 Å². The fraction of sp³-hybridized carbons (Fsp3) is 0.393. The normalized spacial score (nSPS) is 17.1. The highest BCUT2D eigenvalue weighted by molar-refractivity contribution is 7.97. The van der Waals surface area contributed by atoms with E-state index in [-0.39, 0.29) is 12.3 Å². The number of rotatable bonds is 8. The Morgan fingerprint density at radius 1 is 1.00 bits per heavy atom. The van der Waals surface area contributed by atoms with Crippen molar-refractivity contribution in [1.82, 2.24) is 9.97 Å². The van der Waals surface area contributed by atoms with Crippen LogP contribution in [0.25, 0.3) is 22.5 Å². The van der Waals surface area contributed by atoms with Gasteiger partial charge in [0.25, 0.3) is 0 Å². The van der Waals surface area contributed by atoms with Crippen molar-refractivity contribution in [3.63, 3.8) is 0 Å². The zero-order valence-electron chi connectivity index (χ0n) is 22.0. The first-order valence-electron chi connectivity index (χ1n) is 12.7. The van der Waals surface area contributed by atoms with Crippen molar-refractivity contribution in [2.75, 3.05) is 13.7 Å². The first kappa shape index (κ1) is 31.8. The number of hydrogen-bond acceptors (Lipinski definition) is 7. The number of hydrogen-bond donors (Lipinski definition) is 3. The van der Waals surface area contributed by atoms with Gasteiger partial charge in [0.2, 0.25) is 5.12 Å². The van der Waals surface area contributed by atoms with Crippen molar-refractivity contribution in [2.24, 2.45) is 11.5 Å². The van der Waals surface area contributed by atoms with Crippen LogP contribution in [-0.2, 0) is 11.3 Å². The fourth-order valence-electron chi connectivity index (χ4n) is 4.15. The molecule has 1 aromatic heterocycles. The molecule has 4 rings (SSSR count). The summed E-state index contributed by atoms with van der Waals surface area (Å²) in [5, 5.41) is -0.0233. The van der Waals surface area contributed by atoms with Crippen LogP contribution in [0.3, 0.4) is 0 Å². The molecule has 4 N–H and O–H groups in total. The Morgan fingerprint density at radius 3 is 2.02 bits per heavy atom. The van der Waals surface area contributed by atoms with Crippen LogP contribution < -0.4 is 16.2 Å². The zero-order chi connectivity index (χ0) is 29.3. The molecule has 1 heterocycles. The van der Waals surface area contributed by atoms with E-state index in [1.165, 1.54) is 26.4 Å². The maximum atomic E-state index is 12.3. The van der Waals surface area contributed by atoms with Crippen LogP contribution in [-0.4, -0.2) is 47.1 Å². The highest BCUT2D eigenvalue weighted by atomic mass is 35.5. The molecule has 0 amide bonds. The standard InChI is InChI=1S/C22H18ClF3N2O3S.C6H14N2/c1-30-12-17-20(21(29)32)28-19(13-2-6-15(23)7-3-13)18(27-17)14-4-8-16(9-5-14)31-11-10-22(24,25)26;7-5-2-1-3-6(8)4-5/h2-9H,10-12H2,1H3,(H,29,32);5-6H,1-4,7-8H2. The van der Waals surface area contributed by atoms with E-state index in [1.807, 2.05) is 0 Å². The number of methoxy groups -OCH3 is 1. The molecule has 2 aromatic carbocycles. The molecule has 2 unspecified atom stereocenters. The summed E-state index contributed by atoms with van der Waals surface area (Å²) in [6.07, 6.45) is -0.725. The minimum absolute atomic E-state index is 0.0428. The highest BCUT2D eigenvalue weighted by Gasteiger charge is 2.27. The zero-order valence-corrected chi connectivity index (χ0v) is 23.6. The molecule has 216 valence electrons. The number of benzene rings is 2. The first-order valence-corrected chi connectivity index (χ1v) is 13.5. The second-order valence-electron chi connectivity index (χ2n) is 9.39. The van der Waals surface area contributed by atoms with Crippen molar-refractivity contribution >= 4 is 29.3 Å². The average Bonchev–Trinajstić information content (AvgIpc) is 2.89. The Bertz CT molecular complexity index is 1250. The summed E-state index contributed by atoms with van der Waals surface area (Å²) >= 11 is 9.89. The number of aromatic nitrogens is 2. The molecule has 3 aromatic rings. The van der Waals surface area contributed by atoms with Gasteiger partial charge in [-0.3, -0.25) is 4.79 Å². The Kier molecular flexibility index (Phi) is 11.8. The number of carbonyl (C=O) groups excluding carboxylic acids is 1. The van der Waals surface area contributed by atoms with Crippen molar-refractivity contribution in [3.05, 3.63) is 64.9 Å². The van der Waals surface area contributed by atoms with Crippen LogP contribution in [0.15, 0.2) is 48.5 Å². The van der Waals surface area contributed by atoms with E-state index in [4.69, 9.17) is 32.5 Å². The molecule has 7 nitrogen and oxygen atoms in total. The molecule has 0 saturated heterocycles. The Hall–Kier alpha value is -2.70. The highest BCUT2D eigenvalue weighted by Crippen LogP contribution is 2.32. The van der Waals surface area contributed by atoms with Crippen molar-refractivity contribution in [2.45, 2.75) is 57.0 Å². The van der Waals surface area contributed by atoms with E-state index in [0.29, 0.717) is 51.1 Å². The lowest BCUT2D eigenvalue weighted by molar-refractivity contribution is -0.139. The van der Waals surface area contributed by atoms with Gasteiger partial charge in [0.15, 0.2) is 0 Å². The van der Waals surface area contributed by atoms with Gasteiger partial charge in [0.1, 0.15) is 11.4 Å². The molecular weight excluding hydrogens is 565 g/mol. The molecular formula is C28H32ClF3N4O3S. The van der Waals surface area contributed by atoms with Gasteiger partial charge >= 0.3 is 6.18 Å². The number of nitrogens with two attached hydrogens (primary N) is 2.